The second kappa shape index (κ2) is 2.90. The lowest BCUT2D eigenvalue weighted by molar-refractivity contribution is 1.73. The van der Waals surface area contributed by atoms with Gasteiger partial charge in [-0.3, -0.25) is 0 Å². The molecule has 0 aliphatic carbocycles. The first-order valence-electron chi connectivity index (χ1n) is 1.54. The molecule has 0 aliphatic rings. The number of hydrogen-bond donors (Lipinski definition) is 0. The summed E-state index contributed by atoms with van der Waals surface area (Å²) >= 11 is 2.35. The summed E-state index contributed by atoms with van der Waals surface area (Å²) in [5.41, 5.74) is 0. The van der Waals surface area contributed by atoms with Crippen LogP contribution in [0.1, 0.15) is 0 Å². The highest BCUT2D eigenvalue weighted by Gasteiger charge is 1.76. The fraction of sp³-hybridized carbons (Fsp3) is 0.333. The zero-order valence-corrected chi connectivity index (χ0v) is 7.40. The average Bonchev–Trinajstić information content (AvgIpc) is 1.38. The second-order valence-electron chi connectivity index (χ2n) is 0.913. The SMILES string of the molecule is C=CC([SiH3])I. The highest BCUT2D eigenvalue weighted by molar-refractivity contribution is 14.1. The van der Waals surface area contributed by atoms with Crippen molar-refractivity contribution < 1.29 is 0 Å². The smallest absolute Gasteiger partial charge is 0.0239 e. The fourth-order valence-corrected chi connectivity index (χ4v) is 0. The van der Waals surface area contributed by atoms with E-state index in [0.29, 0.717) is 0 Å². The molecule has 0 spiro atoms. The zero-order chi connectivity index (χ0) is 4.28. The fourth-order valence-electron chi connectivity index (χ4n) is 0. The van der Waals surface area contributed by atoms with Crippen LogP contribution < -0.4 is 0 Å². The van der Waals surface area contributed by atoms with E-state index in [0.717, 1.165) is 3.55 Å². The van der Waals surface area contributed by atoms with Crippen molar-refractivity contribution in [2.45, 2.75) is 3.55 Å². The van der Waals surface area contributed by atoms with Gasteiger partial charge in [0.15, 0.2) is 0 Å². The first kappa shape index (κ1) is 5.69. The molecule has 0 aromatic rings. The Balaban J connectivity index is 2.83. The molecule has 0 saturated heterocycles. The highest BCUT2D eigenvalue weighted by Crippen LogP contribution is 1.90. The van der Waals surface area contributed by atoms with Crippen molar-refractivity contribution in [3.05, 3.63) is 12.7 Å². The zero-order valence-electron chi connectivity index (χ0n) is 3.24. The van der Waals surface area contributed by atoms with Gasteiger partial charge in [0.2, 0.25) is 0 Å². The van der Waals surface area contributed by atoms with Crippen molar-refractivity contribution in [3.63, 3.8) is 0 Å². The van der Waals surface area contributed by atoms with E-state index in [4.69, 9.17) is 0 Å². The minimum atomic E-state index is 0.757. The Labute approximate surface area is 49.2 Å². The quantitative estimate of drug-likeness (QED) is 0.246. The topological polar surface area (TPSA) is 0 Å². The summed E-state index contributed by atoms with van der Waals surface area (Å²) in [6.07, 6.45) is 1.97. The minimum Gasteiger partial charge on any atom is -0.102 e. The number of alkyl halides is 1. The third-order valence-electron chi connectivity index (χ3n) is 0.325. The number of rotatable bonds is 1. The van der Waals surface area contributed by atoms with Crippen molar-refractivity contribution in [1.82, 2.24) is 0 Å². The molecular formula is C3H7ISi. The van der Waals surface area contributed by atoms with Crippen LogP contribution in [0.2, 0.25) is 0 Å². The van der Waals surface area contributed by atoms with E-state index in [1.807, 2.05) is 6.08 Å². The third-order valence-corrected chi connectivity index (χ3v) is 1.30. The van der Waals surface area contributed by atoms with Gasteiger partial charge in [-0.05, 0) is 0 Å². The minimum absolute atomic E-state index is 0.757. The molecule has 0 aromatic carbocycles. The van der Waals surface area contributed by atoms with Crippen LogP contribution in [0.4, 0.5) is 0 Å². The highest BCUT2D eigenvalue weighted by atomic mass is 127. The molecule has 0 radical (unpaired) electrons. The molecular weight excluding hydrogens is 191 g/mol. The maximum Gasteiger partial charge on any atom is 0.0239 e. The van der Waals surface area contributed by atoms with Crippen molar-refractivity contribution in [2.24, 2.45) is 0 Å². The van der Waals surface area contributed by atoms with Gasteiger partial charge in [0.1, 0.15) is 0 Å². The monoisotopic (exact) mass is 198 g/mol. The van der Waals surface area contributed by atoms with E-state index in [2.05, 4.69) is 29.2 Å². The summed E-state index contributed by atoms with van der Waals surface area (Å²) < 4.78 is 0.757. The molecule has 1 atom stereocenters. The largest absolute Gasteiger partial charge is 0.102 e. The van der Waals surface area contributed by atoms with Gasteiger partial charge in [-0.2, -0.15) is 0 Å². The summed E-state index contributed by atoms with van der Waals surface area (Å²) in [6, 6.07) is 0. The van der Waals surface area contributed by atoms with E-state index in [-0.39, 0.29) is 0 Å². The number of halogens is 1. The van der Waals surface area contributed by atoms with Crippen LogP contribution in [-0.2, 0) is 0 Å². The van der Waals surface area contributed by atoms with Gasteiger partial charge in [0, 0.05) is 13.8 Å². The standard InChI is InChI=1S/C3H7ISi/c1-2-3(4)5/h2-3H,1H2,5H3. The molecule has 0 bridgehead atoms. The Morgan fingerprint density at radius 2 is 2.20 bits per heavy atom. The molecule has 0 aliphatic heterocycles. The lowest BCUT2D eigenvalue weighted by atomic mass is 10.8. The van der Waals surface area contributed by atoms with Crippen molar-refractivity contribution >= 4 is 32.8 Å². The summed E-state index contributed by atoms with van der Waals surface area (Å²) in [5.74, 6) is 0. The van der Waals surface area contributed by atoms with Gasteiger partial charge in [-0.25, -0.2) is 0 Å². The Morgan fingerprint density at radius 1 is 2.00 bits per heavy atom. The normalized spacial score (nSPS) is 14.6. The summed E-state index contributed by atoms with van der Waals surface area (Å²) in [5, 5.41) is 0. The van der Waals surface area contributed by atoms with E-state index in [1.54, 1.807) is 0 Å². The first-order valence-corrected chi connectivity index (χ1v) is 3.94. The molecule has 0 N–H and O–H groups in total. The van der Waals surface area contributed by atoms with Crippen LogP contribution in [0, 0.1) is 0 Å². The van der Waals surface area contributed by atoms with E-state index in [9.17, 15) is 0 Å². The Kier molecular flexibility index (Phi) is 3.30. The summed E-state index contributed by atoms with van der Waals surface area (Å²) in [7, 11) is 1.24. The van der Waals surface area contributed by atoms with Gasteiger partial charge in [-0.1, -0.05) is 28.7 Å². The second-order valence-corrected chi connectivity index (χ2v) is 6.47. The average molecular weight is 198 g/mol. The molecule has 0 heterocycles. The first-order chi connectivity index (χ1) is 2.27. The van der Waals surface area contributed by atoms with Gasteiger partial charge < -0.3 is 0 Å². The molecule has 2 heteroatoms. The molecule has 5 heavy (non-hydrogen) atoms. The van der Waals surface area contributed by atoms with Crippen LogP contribution in [-0.4, -0.2) is 13.8 Å². The van der Waals surface area contributed by atoms with Gasteiger partial charge in [-0.15, -0.1) is 6.58 Å². The Hall–Kier alpha value is 0.687. The van der Waals surface area contributed by atoms with Crippen LogP contribution in [0.5, 0.6) is 0 Å². The summed E-state index contributed by atoms with van der Waals surface area (Å²) in [4.78, 5) is 0. The maximum absolute atomic E-state index is 3.59. The predicted molar refractivity (Wildman–Crippen MR) is 37.9 cm³/mol. The number of allylic oxidation sites excluding steroid dienone is 1. The summed E-state index contributed by atoms with van der Waals surface area (Å²) in [6.45, 7) is 3.59. The van der Waals surface area contributed by atoms with Crippen molar-refractivity contribution in [3.8, 4) is 0 Å². The predicted octanol–water partition coefficient (Wildman–Crippen LogP) is 0.299. The lowest BCUT2D eigenvalue weighted by Crippen LogP contribution is -1.83. The molecule has 0 fully saturated rings. The third kappa shape index (κ3) is 4.69. The van der Waals surface area contributed by atoms with Gasteiger partial charge in [0.05, 0.1) is 0 Å². The molecule has 0 rings (SSSR count). The number of hydrogen-bond acceptors (Lipinski definition) is 0. The van der Waals surface area contributed by atoms with Gasteiger partial charge >= 0.3 is 0 Å². The molecule has 0 aromatic heterocycles. The van der Waals surface area contributed by atoms with Gasteiger partial charge in [0.25, 0.3) is 0 Å². The molecule has 0 nitrogen and oxygen atoms in total. The Bertz CT molecular complexity index is 33.9. The van der Waals surface area contributed by atoms with Crippen LogP contribution >= 0.6 is 22.6 Å². The van der Waals surface area contributed by atoms with E-state index in [1.165, 1.54) is 10.2 Å². The van der Waals surface area contributed by atoms with Crippen molar-refractivity contribution in [2.75, 3.05) is 0 Å². The van der Waals surface area contributed by atoms with E-state index >= 15 is 0 Å². The van der Waals surface area contributed by atoms with Crippen LogP contribution in [0.25, 0.3) is 0 Å². The van der Waals surface area contributed by atoms with E-state index < -0.39 is 0 Å². The van der Waals surface area contributed by atoms with Crippen molar-refractivity contribution in [1.29, 1.82) is 0 Å². The Morgan fingerprint density at radius 3 is 2.20 bits per heavy atom. The van der Waals surface area contributed by atoms with Crippen LogP contribution in [0.15, 0.2) is 12.7 Å². The molecule has 30 valence electrons. The molecule has 0 saturated carbocycles. The molecule has 1 unspecified atom stereocenters. The maximum atomic E-state index is 3.59. The molecule has 0 amide bonds. The van der Waals surface area contributed by atoms with Crippen LogP contribution in [0.3, 0.4) is 0 Å². The lowest BCUT2D eigenvalue weighted by Gasteiger charge is -1.81.